The molecule has 2 aliphatic rings. The molecular formula is C19H23N3O3. The number of aromatic nitrogens is 1. The van der Waals surface area contributed by atoms with E-state index in [1.165, 1.54) is 0 Å². The molecule has 1 N–H and O–H groups in total. The van der Waals surface area contributed by atoms with Gasteiger partial charge in [-0.05, 0) is 43.0 Å². The molecule has 0 radical (unpaired) electrons. The zero-order valence-corrected chi connectivity index (χ0v) is 14.4. The number of nitrogens with zero attached hydrogens (tertiary/aromatic N) is 2. The smallest absolute Gasteiger partial charge is 0.230 e. The van der Waals surface area contributed by atoms with Gasteiger partial charge in [0.15, 0.2) is 0 Å². The first kappa shape index (κ1) is 16.3. The van der Waals surface area contributed by atoms with Crippen molar-refractivity contribution in [1.29, 1.82) is 0 Å². The Morgan fingerprint density at radius 2 is 2.24 bits per heavy atom. The molecular weight excluding hydrogens is 318 g/mol. The van der Waals surface area contributed by atoms with Crippen LogP contribution in [0.5, 0.6) is 0 Å². The second-order valence-corrected chi connectivity index (χ2v) is 7.01. The minimum absolute atomic E-state index is 0.0263. The number of carbonyl (C=O) groups is 1. The lowest BCUT2D eigenvalue weighted by Gasteiger charge is -2.32. The second-order valence-electron chi connectivity index (χ2n) is 7.01. The second kappa shape index (κ2) is 6.98. The molecule has 2 aliphatic heterocycles. The van der Waals surface area contributed by atoms with Crippen LogP contribution in [0.2, 0.25) is 0 Å². The molecule has 6 nitrogen and oxygen atoms in total. The third-order valence-electron chi connectivity index (χ3n) is 5.15. The van der Waals surface area contributed by atoms with Gasteiger partial charge >= 0.3 is 0 Å². The van der Waals surface area contributed by atoms with Crippen LogP contribution in [0.1, 0.15) is 11.5 Å². The summed E-state index contributed by atoms with van der Waals surface area (Å²) >= 11 is 0. The Kier molecular flexibility index (Phi) is 4.55. The molecule has 3 atom stereocenters. The van der Waals surface area contributed by atoms with E-state index in [9.17, 15) is 4.79 Å². The molecule has 2 saturated heterocycles. The number of carbonyl (C=O) groups excluding carboxylic acids is 1. The molecule has 0 saturated carbocycles. The van der Waals surface area contributed by atoms with E-state index >= 15 is 0 Å². The van der Waals surface area contributed by atoms with E-state index in [2.05, 4.69) is 15.2 Å². The Morgan fingerprint density at radius 1 is 1.32 bits per heavy atom. The molecule has 2 aromatic rings. The third-order valence-corrected chi connectivity index (χ3v) is 5.15. The summed E-state index contributed by atoms with van der Waals surface area (Å²) in [7, 11) is 0. The fourth-order valence-corrected chi connectivity index (χ4v) is 3.95. The van der Waals surface area contributed by atoms with Crippen LogP contribution in [0.15, 0.2) is 41.1 Å². The lowest BCUT2D eigenvalue weighted by molar-refractivity contribution is -0.128. The molecule has 6 heteroatoms. The van der Waals surface area contributed by atoms with Gasteiger partial charge < -0.3 is 14.5 Å². The molecule has 1 amide bonds. The van der Waals surface area contributed by atoms with Crippen LogP contribution in [-0.4, -0.2) is 42.1 Å². The summed E-state index contributed by atoms with van der Waals surface area (Å²) in [6.07, 6.45) is 3.36. The molecule has 0 aromatic carbocycles. The van der Waals surface area contributed by atoms with Crippen molar-refractivity contribution in [1.82, 2.24) is 9.88 Å². The van der Waals surface area contributed by atoms with Gasteiger partial charge in [-0.1, -0.05) is 0 Å². The van der Waals surface area contributed by atoms with Crippen LogP contribution >= 0.6 is 0 Å². The van der Waals surface area contributed by atoms with Crippen molar-refractivity contribution in [3.8, 4) is 0 Å². The summed E-state index contributed by atoms with van der Waals surface area (Å²) in [5.41, 5.74) is 0.732. The first-order valence-electron chi connectivity index (χ1n) is 8.75. The molecule has 4 heterocycles. The number of likely N-dealkylation sites (tertiary alicyclic amines) is 1. The van der Waals surface area contributed by atoms with E-state index in [4.69, 9.17) is 9.15 Å². The van der Waals surface area contributed by atoms with Crippen LogP contribution in [-0.2, 0) is 16.1 Å². The Bertz CT molecular complexity index is 731. The van der Waals surface area contributed by atoms with Gasteiger partial charge in [0, 0.05) is 19.3 Å². The Labute approximate surface area is 147 Å². The van der Waals surface area contributed by atoms with Crippen molar-refractivity contribution in [2.45, 2.75) is 13.5 Å². The number of furan rings is 1. The summed E-state index contributed by atoms with van der Waals surface area (Å²) in [6, 6.07) is 7.69. The molecule has 132 valence electrons. The number of ether oxygens (including phenoxy) is 1. The van der Waals surface area contributed by atoms with Crippen molar-refractivity contribution >= 4 is 11.6 Å². The van der Waals surface area contributed by atoms with Crippen LogP contribution in [0.4, 0.5) is 5.69 Å². The predicted octanol–water partition coefficient (Wildman–Crippen LogP) is 2.32. The number of amides is 1. The standard InChI is InChI=1S/C19H23N3O3/c1-13-4-5-16(25-13)9-22-8-14-11-24-12-18(17(14)10-22)19(23)21-15-3-2-6-20-7-15/h2-7,14,17-18H,8-12H2,1H3,(H,21,23)/t14-,17-,18+/m1/s1. The fraction of sp³-hybridized carbons (Fsp3) is 0.474. The van der Waals surface area contributed by atoms with Crippen molar-refractivity contribution in [2.24, 2.45) is 17.8 Å². The number of hydrogen-bond donors (Lipinski definition) is 1. The molecule has 4 rings (SSSR count). The first-order valence-corrected chi connectivity index (χ1v) is 8.75. The van der Waals surface area contributed by atoms with E-state index in [-0.39, 0.29) is 11.8 Å². The molecule has 2 aromatic heterocycles. The van der Waals surface area contributed by atoms with Gasteiger partial charge in [-0.3, -0.25) is 14.7 Å². The minimum Gasteiger partial charge on any atom is -0.465 e. The highest BCUT2D eigenvalue weighted by Crippen LogP contribution is 2.35. The van der Waals surface area contributed by atoms with Crippen molar-refractivity contribution in [3.05, 3.63) is 48.2 Å². The van der Waals surface area contributed by atoms with E-state index < -0.39 is 0 Å². The lowest BCUT2D eigenvalue weighted by atomic mass is 9.82. The number of fused-ring (bicyclic) bond motifs is 1. The summed E-state index contributed by atoms with van der Waals surface area (Å²) in [6.45, 7) is 5.81. The van der Waals surface area contributed by atoms with Gasteiger partial charge in [-0.2, -0.15) is 0 Å². The summed E-state index contributed by atoms with van der Waals surface area (Å²) in [4.78, 5) is 19.1. The Hall–Kier alpha value is -2.18. The Balaban J connectivity index is 1.41. The molecule has 2 fully saturated rings. The van der Waals surface area contributed by atoms with Crippen molar-refractivity contribution in [2.75, 3.05) is 31.6 Å². The molecule has 0 spiro atoms. The van der Waals surface area contributed by atoms with Crippen LogP contribution in [0, 0.1) is 24.7 Å². The number of aryl methyl sites for hydroxylation is 1. The zero-order chi connectivity index (χ0) is 17.2. The van der Waals surface area contributed by atoms with Crippen molar-refractivity contribution < 1.29 is 13.9 Å². The van der Waals surface area contributed by atoms with Gasteiger partial charge in [-0.25, -0.2) is 0 Å². The van der Waals surface area contributed by atoms with Gasteiger partial charge in [0.2, 0.25) is 5.91 Å². The van der Waals surface area contributed by atoms with Gasteiger partial charge in [0.25, 0.3) is 0 Å². The maximum absolute atomic E-state index is 12.7. The highest BCUT2D eigenvalue weighted by Gasteiger charge is 2.44. The van der Waals surface area contributed by atoms with Crippen molar-refractivity contribution in [3.63, 3.8) is 0 Å². The molecule has 0 aliphatic carbocycles. The van der Waals surface area contributed by atoms with Gasteiger partial charge in [0.1, 0.15) is 11.5 Å². The summed E-state index contributed by atoms with van der Waals surface area (Å²) in [5.74, 6) is 2.54. The van der Waals surface area contributed by atoms with Gasteiger partial charge in [0.05, 0.1) is 37.6 Å². The van der Waals surface area contributed by atoms with Crippen LogP contribution in [0.3, 0.4) is 0 Å². The highest BCUT2D eigenvalue weighted by atomic mass is 16.5. The predicted molar refractivity (Wildman–Crippen MR) is 92.9 cm³/mol. The lowest BCUT2D eigenvalue weighted by Crippen LogP contribution is -2.41. The summed E-state index contributed by atoms with van der Waals surface area (Å²) in [5, 5.41) is 2.97. The van der Waals surface area contributed by atoms with Crippen LogP contribution < -0.4 is 5.32 Å². The maximum Gasteiger partial charge on any atom is 0.230 e. The highest BCUT2D eigenvalue weighted by molar-refractivity contribution is 5.92. The average Bonchev–Trinajstić information content (AvgIpc) is 3.21. The third kappa shape index (κ3) is 3.60. The molecule has 25 heavy (non-hydrogen) atoms. The van der Waals surface area contributed by atoms with E-state index in [1.807, 2.05) is 31.2 Å². The number of anilines is 1. The monoisotopic (exact) mass is 341 g/mol. The summed E-state index contributed by atoms with van der Waals surface area (Å²) < 4.78 is 11.4. The maximum atomic E-state index is 12.7. The molecule has 0 unspecified atom stereocenters. The van der Waals surface area contributed by atoms with E-state index in [1.54, 1.807) is 12.4 Å². The number of rotatable bonds is 4. The SMILES string of the molecule is Cc1ccc(CN2C[C@@H]3COC[C@H](C(=O)Nc4cccnc4)[C@@H]3C2)o1. The van der Waals surface area contributed by atoms with Crippen LogP contribution in [0.25, 0.3) is 0 Å². The average molecular weight is 341 g/mol. The Morgan fingerprint density at radius 3 is 3.00 bits per heavy atom. The topological polar surface area (TPSA) is 67.6 Å². The number of hydrogen-bond acceptors (Lipinski definition) is 5. The number of nitrogens with one attached hydrogen (secondary N) is 1. The zero-order valence-electron chi connectivity index (χ0n) is 14.4. The fourth-order valence-electron chi connectivity index (χ4n) is 3.95. The normalized spacial score (nSPS) is 26.4. The number of pyridine rings is 1. The first-order chi connectivity index (χ1) is 12.2. The largest absolute Gasteiger partial charge is 0.465 e. The van der Waals surface area contributed by atoms with E-state index in [0.29, 0.717) is 18.4 Å². The van der Waals surface area contributed by atoms with E-state index in [0.717, 1.165) is 43.4 Å². The quantitative estimate of drug-likeness (QED) is 0.924. The van der Waals surface area contributed by atoms with Gasteiger partial charge in [-0.15, -0.1) is 0 Å². The minimum atomic E-state index is -0.123. The molecule has 0 bridgehead atoms.